The van der Waals surface area contributed by atoms with Crippen LogP contribution in [0.2, 0.25) is 0 Å². The lowest BCUT2D eigenvalue weighted by Gasteiger charge is -2.27. The molecule has 1 aromatic rings. The fraction of sp³-hybridized carbons (Fsp3) is 0.588. The van der Waals surface area contributed by atoms with Gasteiger partial charge in [0.05, 0.1) is 6.04 Å². The van der Waals surface area contributed by atoms with Crippen molar-refractivity contribution in [1.29, 1.82) is 0 Å². The molecule has 4 nitrogen and oxygen atoms in total. The molecule has 1 aromatic carbocycles. The number of likely N-dealkylation sites (tertiary alicyclic amines) is 1. The molecule has 1 saturated heterocycles. The summed E-state index contributed by atoms with van der Waals surface area (Å²) in [5, 5.41) is 0.369. The Bertz CT molecular complexity index is 549. The highest BCUT2D eigenvalue weighted by Gasteiger charge is 2.31. The van der Waals surface area contributed by atoms with E-state index in [1.165, 1.54) is 0 Å². The quantitative estimate of drug-likeness (QED) is 0.853. The first-order valence-corrected chi connectivity index (χ1v) is 9.19. The van der Waals surface area contributed by atoms with Crippen molar-refractivity contribution in [3.63, 3.8) is 0 Å². The maximum atomic E-state index is 12.5. The van der Waals surface area contributed by atoms with Crippen LogP contribution in [0.3, 0.4) is 0 Å². The molecule has 5 heteroatoms. The molecule has 2 aliphatic rings. The van der Waals surface area contributed by atoms with E-state index in [9.17, 15) is 4.79 Å². The average Bonchev–Trinajstić information content (AvgIpc) is 3.04. The third-order valence-electron chi connectivity index (χ3n) is 4.39. The van der Waals surface area contributed by atoms with E-state index in [4.69, 9.17) is 9.47 Å². The Morgan fingerprint density at radius 3 is 2.91 bits per heavy atom. The molecule has 0 saturated carbocycles. The lowest BCUT2D eigenvalue weighted by Crippen LogP contribution is -2.32. The first kappa shape index (κ1) is 15.5. The average molecular weight is 321 g/mol. The predicted octanol–water partition coefficient (Wildman–Crippen LogP) is 3.26. The summed E-state index contributed by atoms with van der Waals surface area (Å²) in [4.78, 5) is 14.6. The standard InChI is InChI=1S/C17H23NO3S/c1-12(22-2)10-17(19)18-7-3-4-14(18)13-5-6-15-16(11-13)21-9-8-20-15/h5-6,11-12,14H,3-4,7-10H2,1-2H3/t12-,14-/m1/s1. The van der Waals surface area contributed by atoms with Crippen molar-refractivity contribution in [2.45, 2.75) is 37.5 Å². The molecule has 2 aliphatic heterocycles. The van der Waals surface area contributed by atoms with Crippen molar-refractivity contribution >= 4 is 17.7 Å². The Balaban J connectivity index is 1.76. The maximum Gasteiger partial charge on any atom is 0.224 e. The van der Waals surface area contributed by atoms with Crippen LogP contribution in [0.15, 0.2) is 18.2 Å². The van der Waals surface area contributed by atoms with Crippen LogP contribution < -0.4 is 9.47 Å². The van der Waals surface area contributed by atoms with Crippen molar-refractivity contribution in [3.8, 4) is 11.5 Å². The SMILES string of the molecule is CS[C@H](C)CC(=O)N1CCC[C@@H]1c1ccc2c(c1)OCCO2. The fourth-order valence-corrected chi connectivity index (χ4v) is 3.43. The predicted molar refractivity (Wildman–Crippen MR) is 88.7 cm³/mol. The number of hydrogen-bond acceptors (Lipinski definition) is 4. The number of nitrogens with zero attached hydrogens (tertiary/aromatic N) is 1. The highest BCUT2D eigenvalue weighted by atomic mass is 32.2. The molecule has 0 aromatic heterocycles. The van der Waals surface area contributed by atoms with Crippen LogP contribution in [0.5, 0.6) is 11.5 Å². The minimum atomic E-state index is 0.178. The molecule has 120 valence electrons. The van der Waals surface area contributed by atoms with E-state index >= 15 is 0 Å². The van der Waals surface area contributed by atoms with E-state index < -0.39 is 0 Å². The number of carbonyl (C=O) groups is 1. The Hall–Kier alpha value is -1.36. The second-order valence-electron chi connectivity index (χ2n) is 5.90. The van der Waals surface area contributed by atoms with Crippen LogP contribution in [0.4, 0.5) is 0 Å². The van der Waals surface area contributed by atoms with Crippen molar-refractivity contribution in [1.82, 2.24) is 4.90 Å². The summed E-state index contributed by atoms with van der Waals surface area (Å²) in [5.41, 5.74) is 1.16. The molecule has 22 heavy (non-hydrogen) atoms. The second-order valence-corrected chi connectivity index (χ2v) is 7.17. The molecule has 0 N–H and O–H groups in total. The molecular formula is C17H23NO3S. The minimum absolute atomic E-state index is 0.178. The molecule has 1 amide bonds. The molecule has 3 rings (SSSR count). The highest BCUT2D eigenvalue weighted by molar-refractivity contribution is 7.99. The zero-order chi connectivity index (χ0) is 15.5. The number of ether oxygens (including phenoxy) is 2. The van der Waals surface area contributed by atoms with Crippen LogP contribution in [0, 0.1) is 0 Å². The van der Waals surface area contributed by atoms with Crippen LogP contribution in [0.1, 0.15) is 37.8 Å². The monoisotopic (exact) mass is 321 g/mol. The topological polar surface area (TPSA) is 38.8 Å². The summed E-state index contributed by atoms with van der Waals surface area (Å²) in [6.45, 7) is 4.17. The fourth-order valence-electron chi connectivity index (χ4n) is 3.13. The van der Waals surface area contributed by atoms with Gasteiger partial charge in [-0.1, -0.05) is 13.0 Å². The summed E-state index contributed by atoms with van der Waals surface area (Å²) in [6.07, 6.45) is 4.76. The van der Waals surface area contributed by atoms with E-state index in [1.807, 2.05) is 17.0 Å². The number of rotatable bonds is 4. The van der Waals surface area contributed by atoms with Gasteiger partial charge in [0.1, 0.15) is 13.2 Å². The van der Waals surface area contributed by atoms with E-state index in [1.54, 1.807) is 11.8 Å². The molecule has 2 heterocycles. The lowest BCUT2D eigenvalue weighted by molar-refractivity contribution is -0.132. The zero-order valence-electron chi connectivity index (χ0n) is 13.2. The van der Waals surface area contributed by atoms with Gasteiger partial charge in [-0.2, -0.15) is 11.8 Å². The molecule has 0 aliphatic carbocycles. The number of benzene rings is 1. The van der Waals surface area contributed by atoms with E-state index in [0.29, 0.717) is 24.9 Å². The number of hydrogen-bond donors (Lipinski definition) is 0. The van der Waals surface area contributed by atoms with Gasteiger partial charge in [-0.05, 0) is 36.8 Å². The van der Waals surface area contributed by atoms with Crippen molar-refractivity contribution in [2.75, 3.05) is 26.0 Å². The van der Waals surface area contributed by atoms with Gasteiger partial charge in [0.25, 0.3) is 0 Å². The summed E-state index contributed by atoms with van der Waals surface area (Å²) < 4.78 is 11.2. The van der Waals surface area contributed by atoms with E-state index in [2.05, 4.69) is 19.2 Å². The number of carbonyl (C=O) groups excluding carboxylic acids is 1. The van der Waals surface area contributed by atoms with Gasteiger partial charge in [0.2, 0.25) is 5.91 Å². The molecule has 0 spiro atoms. The Labute approximate surface area is 136 Å². The number of fused-ring (bicyclic) bond motifs is 1. The Kier molecular flexibility index (Phi) is 4.81. The van der Waals surface area contributed by atoms with Gasteiger partial charge < -0.3 is 14.4 Å². The Morgan fingerprint density at radius 1 is 1.36 bits per heavy atom. The van der Waals surface area contributed by atoms with Crippen molar-refractivity contribution in [2.24, 2.45) is 0 Å². The van der Waals surface area contributed by atoms with Crippen molar-refractivity contribution in [3.05, 3.63) is 23.8 Å². The normalized spacial score (nSPS) is 21.7. The summed E-state index contributed by atoms with van der Waals surface area (Å²) in [6, 6.07) is 6.26. The van der Waals surface area contributed by atoms with E-state index in [-0.39, 0.29) is 11.9 Å². The van der Waals surface area contributed by atoms with Crippen LogP contribution >= 0.6 is 11.8 Å². The first-order chi connectivity index (χ1) is 10.7. The number of thioether (sulfide) groups is 1. The lowest BCUT2D eigenvalue weighted by atomic mass is 10.0. The molecule has 1 fully saturated rings. The minimum Gasteiger partial charge on any atom is -0.486 e. The summed E-state index contributed by atoms with van der Waals surface area (Å²) in [5.74, 6) is 1.88. The molecule has 0 radical (unpaired) electrons. The Morgan fingerprint density at radius 2 is 2.14 bits per heavy atom. The van der Waals surface area contributed by atoms with Crippen LogP contribution in [0.25, 0.3) is 0 Å². The third kappa shape index (κ3) is 3.19. The summed E-state index contributed by atoms with van der Waals surface area (Å²) in [7, 11) is 0. The molecule has 2 atom stereocenters. The van der Waals surface area contributed by atoms with Gasteiger partial charge in [0.15, 0.2) is 11.5 Å². The van der Waals surface area contributed by atoms with Gasteiger partial charge in [0, 0.05) is 18.2 Å². The molecular weight excluding hydrogens is 298 g/mol. The highest BCUT2D eigenvalue weighted by Crippen LogP contribution is 2.38. The molecule has 0 unspecified atom stereocenters. The number of amides is 1. The van der Waals surface area contributed by atoms with Crippen LogP contribution in [-0.2, 0) is 4.79 Å². The smallest absolute Gasteiger partial charge is 0.224 e. The van der Waals surface area contributed by atoms with Gasteiger partial charge in [-0.25, -0.2) is 0 Å². The van der Waals surface area contributed by atoms with Gasteiger partial charge >= 0.3 is 0 Å². The third-order valence-corrected chi connectivity index (χ3v) is 5.36. The van der Waals surface area contributed by atoms with Crippen molar-refractivity contribution < 1.29 is 14.3 Å². The summed E-state index contributed by atoms with van der Waals surface area (Å²) >= 11 is 1.74. The van der Waals surface area contributed by atoms with Gasteiger partial charge in [-0.15, -0.1) is 0 Å². The zero-order valence-corrected chi connectivity index (χ0v) is 14.0. The van der Waals surface area contributed by atoms with Crippen LogP contribution in [-0.4, -0.2) is 42.1 Å². The second kappa shape index (κ2) is 6.82. The van der Waals surface area contributed by atoms with E-state index in [0.717, 1.165) is 36.4 Å². The van der Waals surface area contributed by atoms with Gasteiger partial charge in [-0.3, -0.25) is 4.79 Å². The maximum absolute atomic E-state index is 12.5. The molecule has 0 bridgehead atoms. The first-order valence-electron chi connectivity index (χ1n) is 7.91. The largest absolute Gasteiger partial charge is 0.486 e.